The molecule has 0 amide bonds. The molecule has 0 aromatic heterocycles. The maximum atomic E-state index is 12.8. The van der Waals surface area contributed by atoms with Crippen LogP contribution in [0.5, 0.6) is 0 Å². The van der Waals surface area contributed by atoms with Crippen LogP contribution in [0.25, 0.3) is 0 Å². The molecule has 0 aliphatic heterocycles. The van der Waals surface area contributed by atoms with E-state index in [2.05, 4.69) is 0 Å². The first kappa shape index (κ1) is 11.7. The molecule has 5 heteroatoms. The number of hydrogen-bond acceptors (Lipinski definition) is 3. The molecule has 0 aliphatic carbocycles. The highest BCUT2D eigenvalue weighted by molar-refractivity contribution is 5.99. The van der Waals surface area contributed by atoms with Crippen molar-refractivity contribution >= 4 is 5.78 Å². The smallest absolute Gasteiger partial charge is 0.179 e. The lowest BCUT2D eigenvalue weighted by atomic mass is 10.0. The fraction of sp³-hybridized carbons (Fsp3) is 0.300. The zero-order valence-electron chi connectivity index (χ0n) is 7.91. The van der Waals surface area contributed by atoms with Crippen molar-refractivity contribution in [3.63, 3.8) is 0 Å². The molecule has 0 aliphatic rings. The Labute approximate surface area is 85.5 Å². The minimum atomic E-state index is -1.09. The van der Waals surface area contributed by atoms with Crippen molar-refractivity contribution < 1.29 is 18.7 Å². The summed E-state index contributed by atoms with van der Waals surface area (Å²) in [5.41, 5.74) is 5.43. The van der Waals surface area contributed by atoms with Gasteiger partial charge in [0.1, 0.15) is 0 Å². The SMILES string of the molecule is NC(CCO)C(=O)c1ccc(F)c(F)c1. The highest BCUT2D eigenvalue weighted by Gasteiger charge is 2.16. The molecule has 3 nitrogen and oxygen atoms in total. The Balaban J connectivity index is 2.87. The van der Waals surface area contributed by atoms with E-state index < -0.39 is 23.5 Å². The minimum Gasteiger partial charge on any atom is -0.396 e. The van der Waals surface area contributed by atoms with Crippen molar-refractivity contribution in [3.8, 4) is 0 Å². The number of rotatable bonds is 4. The van der Waals surface area contributed by atoms with E-state index in [0.717, 1.165) is 18.2 Å². The molecule has 0 saturated heterocycles. The number of aliphatic hydroxyl groups is 1. The second-order valence-corrected chi connectivity index (χ2v) is 3.11. The molecule has 3 N–H and O–H groups in total. The molecule has 0 spiro atoms. The molecule has 0 fully saturated rings. The average molecular weight is 215 g/mol. The lowest BCUT2D eigenvalue weighted by Crippen LogP contribution is -2.31. The van der Waals surface area contributed by atoms with E-state index in [1.807, 2.05) is 0 Å². The van der Waals surface area contributed by atoms with Crippen molar-refractivity contribution in [2.45, 2.75) is 12.5 Å². The summed E-state index contributed by atoms with van der Waals surface area (Å²) >= 11 is 0. The molecule has 1 aromatic rings. The second-order valence-electron chi connectivity index (χ2n) is 3.11. The standard InChI is InChI=1S/C10H11F2NO2/c11-7-2-1-6(5-8(7)12)10(15)9(13)3-4-14/h1-2,5,9,14H,3-4,13H2. The van der Waals surface area contributed by atoms with Crippen LogP contribution < -0.4 is 5.73 Å². The van der Waals surface area contributed by atoms with Gasteiger partial charge in [-0.2, -0.15) is 0 Å². The van der Waals surface area contributed by atoms with Crippen LogP contribution in [0, 0.1) is 11.6 Å². The molecule has 1 unspecified atom stereocenters. The summed E-state index contributed by atoms with van der Waals surface area (Å²) in [6.07, 6.45) is 0.0951. The van der Waals surface area contributed by atoms with Crippen LogP contribution in [0.2, 0.25) is 0 Å². The lowest BCUT2D eigenvalue weighted by Gasteiger charge is -2.08. The molecule has 15 heavy (non-hydrogen) atoms. The monoisotopic (exact) mass is 215 g/mol. The van der Waals surface area contributed by atoms with Gasteiger partial charge < -0.3 is 10.8 Å². The zero-order valence-corrected chi connectivity index (χ0v) is 7.91. The van der Waals surface area contributed by atoms with Crippen molar-refractivity contribution in [1.29, 1.82) is 0 Å². The van der Waals surface area contributed by atoms with Crippen LogP contribution in [-0.2, 0) is 0 Å². The van der Waals surface area contributed by atoms with Gasteiger partial charge in [-0.25, -0.2) is 8.78 Å². The van der Waals surface area contributed by atoms with Gasteiger partial charge in [0.25, 0.3) is 0 Å². The van der Waals surface area contributed by atoms with Crippen LogP contribution in [0.15, 0.2) is 18.2 Å². The highest BCUT2D eigenvalue weighted by Crippen LogP contribution is 2.11. The highest BCUT2D eigenvalue weighted by atomic mass is 19.2. The molecule has 0 bridgehead atoms. The molecule has 0 saturated carbocycles. The van der Waals surface area contributed by atoms with Gasteiger partial charge in [0.15, 0.2) is 17.4 Å². The first-order valence-corrected chi connectivity index (χ1v) is 4.42. The Kier molecular flexibility index (Phi) is 3.88. The maximum absolute atomic E-state index is 12.8. The predicted molar refractivity (Wildman–Crippen MR) is 50.4 cm³/mol. The quantitative estimate of drug-likeness (QED) is 0.732. The van der Waals surface area contributed by atoms with Crippen LogP contribution in [0.4, 0.5) is 8.78 Å². The third-order valence-corrected chi connectivity index (χ3v) is 1.98. The number of ketones is 1. The third-order valence-electron chi connectivity index (χ3n) is 1.98. The molecule has 1 atom stereocenters. The number of halogens is 2. The van der Waals surface area contributed by atoms with Crippen molar-refractivity contribution in [3.05, 3.63) is 35.4 Å². The second kappa shape index (κ2) is 4.95. The van der Waals surface area contributed by atoms with Crippen LogP contribution in [0.3, 0.4) is 0 Å². The predicted octanol–water partition coefficient (Wildman–Crippen LogP) is 0.857. The molecule has 0 radical (unpaired) electrons. The summed E-state index contributed by atoms with van der Waals surface area (Å²) in [7, 11) is 0. The van der Waals surface area contributed by atoms with Gasteiger partial charge in [-0.1, -0.05) is 0 Å². The summed E-state index contributed by atoms with van der Waals surface area (Å²) in [6, 6.07) is 1.95. The summed E-state index contributed by atoms with van der Waals surface area (Å²) in [5.74, 6) is -2.61. The molecule has 0 heterocycles. The van der Waals surface area contributed by atoms with Crippen molar-refractivity contribution in [2.75, 3.05) is 6.61 Å². The first-order valence-electron chi connectivity index (χ1n) is 4.42. The lowest BCUT2D eigenvalue weighted by molar-refractivity contribution is 0.0945. The summed E-state index contributed by atoms with van der Waals surface area (Å²) < 4.78 is 25.3. The van der Waals surface area contributed by atoms with Crippen molar-refractivity contribution in [1.82, 2.24) is 0 Å². The van der Waals surface area contributed by atoms with Gasteiger partial charge in [-0.05, 0) is 24.6 Å². The van der Waals surface area contributed by atoms with Gasteiger partial charge in [-0.3, -0.25) is 4.79 Å². The molecular formula is C10H11F2NO2. The van der Waals surface area contributed by atoms with Crippen LogP contribution >= 0.6 is 0 Å². The number of benzene rings is 1. The van der Waals surface area contributed by atoms with Gasteiger partial charge in [-0.15, -0.1) is 0 Å². The summed E-state index contributed by atoms with van der Waals surface area (Å²) in [6.45, 7) is -0.226. The molecular weight excluding hydrogens is 204 g/mol. The third kappa shape index (κ3) is 2.81. The zero-order chi connectivity index (χ0) is 11.4. The summed E-state index contributed by atoms with van der Waals surface area (Å²) in [5, 5.41) is 8.56. The van der Waals surface area contributed by atoms with E-state index in [1.54, 1.807) is 0 Å². The number of carbonyl (C=O) groups is 1. The van der Waals surface area contributed by atoms with Crippen LogP contribution in [-0.4, -0.2) is 23.5 Å². The Hall–Kier alpha value is -1.33. The molecule has 1 aromatic carbocycles. The Morgan fingerprint density at radius 1 is 1.40 bits per heavy atom. The fourth-order valence-electron chi connectivity index (χ4n) is 1.13. The molecule has 1 rings (SSSR count). The van der Waals surface area contributed by atoms with E-state index in [9.17, 15) is 13.6 Å². The van der Waals surface area contributed by atoms with Crippen LogP contribution in [0.1, 0.15) is 16.8 Å². The van der Waals surface area contributed by atoms with Gasteiger partial charge >= 0.3 is 0 Å². The minimum absolute atomic E-state index is 0.00912. The Morgan fingerprint density at radius 2 is 2.07 bits per heavy atom. The number of Topliss-reactive ketones (excluding diaryl/α,β-unsaturated/α-hetero) is 1. The topological polar surface area (TPSA) is 63.3 Å². The first-order chi connectivity index (χ1) is 7.06. The Bertz CT molecular complexity index is 368. The number of carbonyl (C=O) groups excluding carboxylic acids is 1. The van der Waals surface area contributed by atoms with Gasteiger partial charge in [0.2, 0.25) is 0 Å². The summed E-state index contributed by atoms with van der Waals surface area (Å²) in [4.78, 5) is 11.5. The van der Waals surface area contributed by atoms with Crippen molar-refractivity contribution in [2.24, 2.45) is 5.73 Å². The van der Waals surface area contributed by atoms with E-state index in [-0.39, 0.29) is 18.6 Å². The average Bonchev–Trinajstić information content (AvgIpc) is 2.21. The Morgan fingerprint density at radius 3 is 2.60 bits per heavy atom. The van der Waals surface area contributed by atoms with Gasteiger partial charge in [0.05, 0.1) is 6.04 Å². The van der Waals surface area contributed by atoms with E-state index in [1.165, 1.54) is 0 Å². The van der Waals surface area contributed by atoms with E-state index in [4.69, 9.17) is 10.8 Å². The fourth-order valence-corrected chi connectivity index (χ4v) is 1.13. The van der Waals surface area contributed by atoms with E-state index in [0.29, 0.717) is 0 Å². The van der Waals surface area contributed by atoms with Gasteiger partial charge in [0, 0.05) is 12.2 Å². The normalized spacial score (nSPS) is 12.5. The number of aliphatic hydroxyl groups excluding tert-OH is 1. The number of hydrogen-bond donors (Lipinski definition) is 2. The number of nitrogens with two attached hydrogens (primary N) is 1. The van der Waals surface area contributed by atoms with E-state index >= 15 is 0 Å². The maximum Gasteiger partial charge on any atom is 0.179 e. The largest absolute Gasteiger partial charge is 0.396 e. The molecule has 82 valence electrons.